The molecule has 168 valence electrons. The van der Waals surface area contributed by atoms with E-state index in [2.05, 4.69) is 10.1 Å². The van der Waals surface area contributed by atoms with Crippen molar-refractivity contribution in [3.05, 3.63) is 88.5 Å². The number of para-hydroxylation sites is 2. The number of methoxy groups -OCH3 is 3. The zero-order valence-corrected chi connectivity index (χ0v) is 18.5. The van der Waals surface area contributed by atoms with Crippen LogP contribution in [0, 0.1) is 0 Å². The molecule has 0 saturated carbocycles. The Labute approximate surface area is 190 Å². The molecule has 0 spiro atoms. The van der Waals surface area contributed by atoms with E-state index in [0.717, 1.165) is 0 Å². The summed E-state index contributed by atoms with van der Waals surface area (Å²) in [5, 5.41) is 4.89. The topological polar surface area (TPSA) is 84.2 Å². The highest BCUT2D eigenvalue weighted by Gasteiger charge is 2.14. The van der Waals surface area contributed by atoms with E-state index >= 15 is 0 Å². The molecule has 0 unspecified atom stereocenters. The molecule has 0 bridgehead atoms. The monoisotopic (exact) mass is 445 g/mol. The molecular formula is C25H23N3O5. The second-order valence-corrected chi connectivity index (χ2v) is 6.97. The maximum atomic E-state index is 13.2. The SMILES string of the molecule is COc1cc(C=Nn2c(COc3ccccc3)nc3ccccc3c2=O)cc(OC)c1OC. The fraction of sp³-hybridized carbons (Fsp3) is 0.160. The summed E-state index contributed by atoms with van der Waals surface area (Å²) >= 11 is 0. The number of benzene rings is 3. The number of rotatable bonds is 8. The zero-order valence-electron chi connectivity index (χ0n) is 18.5. The molecule has 33 heavy (non-hydrogen) atoms. The van der Waals surface area contributed by atoms with E-state index in [0.29, 0.717) is 45.3 Å². The van der Waals surface area contributed by atoms with Crippen LogP contribution in [0.4, 0.5) is 0 Å². The van der Waals surface area contributed by atoms with Crippen molar-refractivity contribution >= 4 is 17.1 Å². The average Bonchev–Trinajstić information content (AvgIpc) is 2.87. The van der Waals surface area contributed by atoms with Gasteiger partial charge in [-0.15, -0.1) is 0 Å². The molecule has 0 aliphatic rings. The van der Waals surface area contributed by atoms with Crippen molar-refractivity contribution in [2.75, 3.05) is 21.3 Å². The largest absolute Gasteiger partial charge is 0.493 e. The summed E-state index contributed by atoms with van der Waals surface area (Å²) in [5.41, 5.74) is 0.934. The van der Waals surface area contributed by atoms with Crippen LogP contribution in [0.1, 0.15) is 11.4 Å². The van der Waals surface area contributed by atoms with E-state index in [1.807, 2.05) is 36.4 Å². The predicted octanol–water partition coefficient (Wildman–Crippen LogP) is 3.88. The van der Waals surface area contributed by atoms with E-state index < -0.39 is 0 Å². The first-order chi connectivity index (χ1) is 16.1. The van der Waals surface area contributed by atoms with Crippen LogP contribution in [0.25, 0.3) is 10.9 Å². The molecule has 0 N–H and O–H groups in total. The number of aromatic nitrogens is 2. The quantitative estimate of drug-likeness (QED) is 0.383. The Morgan fingerprint density at radius 1 is 0.909 bits per heavy atom. The third kappa shape index (κ3) is 4.64. The lowest BCUT2D eigenvalue weighted by Gasteiger charge is -2.13. The molecule has 4 rings (SSSR count). The molecular weight excluding hydrogens is 422 g/mol. The zero-order chi connectivity index (χ0) is 23.2. The summed E-state index contributed by atoms with van der Waals surface area (Å²) in [5.74, 6) is 2.47. The number of fused-ring (bicyclic) bond motifs is 1. The van der Waals surface area contributed by atoms with E-state index in [-0.39, 0.29) is 12.2 Å². The molecule has 1 aromatic heterocycles. The maximum Gasteiger partial charge on any atom is 0.282 e. The van der Waals surface area contributed by atoms with Crippen LogP contribution in [-0.4, -0.2) is 37.2 Å². The second kappa shape index (κ2) is 9.86. The Kier molecular flexibility index (Phi) is 6.54. The Bertz CT molecular complexity index is 1320. The maximum absolute atomic E-state index is 13.2. The molecule has 0 aliphatic heterocycles. The van der Waals surface area contributed by atoms with Crippen LogP contribution in [0.15, 0.2) is 76.6 Å². The second-order valence-electron chi connectivity index (χ2n) is 6.97. The molecule has 0 aliphatic carbocycles. The Balaban J connectivity index is 1.77. The summed E-state index contributed by atoms with van der Waals surface area (Å²) in [6.07, 6.45) is 1.54. The smallest absolute Gasteiger partial charge is 0.282 e. The Hall–Kier alpha value is -4.33. The minimum atomic E-state index is -0.295. The van der Waals surface area contributed by atoms with Crippen molar-refractivity contribution in [3.8, 4) is 23.0 Å². The minimum absolute atomic E-state index is 0.0662. The van der Waals surface area contributed by atoms with Crippen LogP contribution < -0.4 is 24.5 Å². The van der Waals surface area contributed by atoms with Crippen LogP contribution in [0.5, 0.6) is 23.0 Å². The molecule has 1 heterocycles. The molecule has 0 radical (unpaired) electrons. The summed E-state index contributed by atoms with van der Waals surface area (Å²) in [4.78, 5) is 17.8. The highest BCUT2D eigenvalue weighted by Crippen LogP contribution is 2.37. The highest BCUT2D eigenvalue weighted by atomic mass is 16.5. The summed E-state index contributed by atoms with van der Waals surface area (Å²) in [6.45, 7) is 0.0662. The Morgan fingerprint density at radius 2 is 1.58 bits per heavy atom. The van der Waals surface area contributed by atoms with Gasteiger partial charge in [-0.1, -0.05) is 30.3 Å². The van der Waals surface area contributed by atoms with Crippen molar-refractivity contribution in [1.29, 1.82) is 0 Å². The molecule has 0 saturated heterocycles. The molecule has 0 atom stereocenters. The molecule has 0 fully saturated rings. The van der Waals surface area contributed by atoms with E-state index in [1.54, 1.807) is 30.3 Å². The van der Waals surface area contributed by atoms with E-state index in [1.165, 1.54) is 32.2 Å². The van der Waals surface area contributed by atoms with Gasteiger partial charge in [-0.25, -0.2) is 4.98 Å². The molecule has 8 nitrogen and oxygen atoms in total. The Morgan fingerprint density at radius 3 is 2.24 bits per heavy atom. The van der Waals surface area contributed by atoms with Gasteiger partial charge < -0.3 is 18.9 Å². The van der Waals surface area contributed by atoms with Crippen molar-refractivity contribution in [1.82, 2.24) is 9.66 Å². The number of hydrogen-bond acceptors (Lipinski definition) is 7. The summed E-state index contributed by atoms with van der Waals surface area (Å²) in [6, 6.07) is 19.9. The van der Waals surface area contributed by atoms with Crippen LogP contribution >= 0.6 is 0 Å². The van der Waals surface area contributed by atoms with Crippen molar-refractivity contribution in [2.45, 2.75) is 6.61 Å². The number of hydrogen-bond donors (Lipinski definition) is 0. The van der Waals surface area contributed by atoms with Gasteiger partial charge in [0.05, 0.1) is 38.4 Å². The van der Waals surface area contributed by atoms with E-state index in [9.17, 15) is 4.79 Å². The van der Waals surface area contributed by atoms with Crippen molar-refractivity contribution in [2.24, 2.45) is 5.10 Å². The van der Waals surface area contributed by atoms with Gasteiger partial charge >= 0.3 is 0 Å². The van der Waals surface area contributed by atoms with E-state index in [4.69, 9.17) is 18.9 Å². The van der Waals surface area contributed by atoms with Crippen LogP contribution in [0.3, 0.4) is 0 Å². The normalized spacial score (nSPS) is 11.0. The fourth-order valence-corrected chi connectivity index (χ4v) is 3.35. The van der Waals surface area contributed by atoms with Gasteiger partial charge in [0.1, 0.15) is 12.4 Å². The first kappa shape index (κ1) is 21.9. The first-order valence-electron chi connectivity index (χ1n) is 10.2. The summed E-state index contributed by atoms with van der Waals surface area (Å²) < 4.78 is 23.2. The minimum Gasteiger partial charge on any atom is -0.493 e. The lowest BCUT2D eigenvalue weighted by Crippen LogP contribution is -2.23. The number of nitrogens with zero attached hydrogens (tertiary/aromatic N) is 3. The first-order valence-corrected chi connectivity index (χ1v) is 10.2. The van der Waals surface area contributed by atoms with Gasteiger partial charge in [0.15, 0.2) is 17.3 Å². The predicted molar refractivity (Wildman–Crippen MR) is 126 cm³/mol. The summed E-state index contributed by atoms with van der Waals surface area (Å²) in [7, 11) is 4.61. The lowest BCUT2D eigenvalue weighted by molar-refractivity contribution is 0.289. The van der Waals surface area contributed by atoms with Gasteiger partial charge in [-0.05, 0) is 36.4 Å². The van der Waals surface area contributed by atoms with Gasteiger partial charge in [0.2, 0.25) is 5.75 Å². The van der Waals surface area contributed by atoms with Gasteiger partial charge in [-0.2, -0.15) is 9.78 Å². The van der Waals surface area contributed by atoms with Crippen LogP contribution in [0.2, 0.25) is 0 Å². The number of ether oxygens (including phenoxy) is 4. The lowest BCUT2D eigenvalue weighted by atomic mass is 10.2. The average molecular weight is 445 g/mol. The van der Waals surface area contributed by atoms with Gasteiger partial charge in [0, 0.05) is 5.56 Å². The molecule has 8 heteroatoms. The fourth-order valence-electron chi connectivity index (χ4n) is 3.35. The third-order valence-electron chi connectivity index (χ3n) is 4.94. The van der Waals surface area contributed by atoms with Gasteiger partial charge in [0.25, 0.3) is 5.56 Å². The third-order valence-corrected chi connectivity index (χ3v) is 4.94. The van der Waals surface area contributed by atoms with Crippen molar-refractivity contribution < 1.29 is 18.9 Å². The molecule has 0 amide bonds. The molecule has 4 aromatic rings. The standard InChI is InChI=1S/C25H23N3O5/c1-30-21-13-17(14-22(31-2)24(21)32-3)15-26-28-23(16-33-18-9-5-4-6-10-18)27-20-12-8-7-11-19(20)25(28)29/h4-15H,16H2,1-3H3. The van der Waals surface area contributed by atoms with Gasteiger partial charge in [-0.3, -0.25) is 4.79 Å². The van der Waals surface area contributed by atoms with Crippen LogP contribution in [-0.2, 0) is 6.61 Å². The van der Waals surface area contributed by atoms with Crippen molar-refractivity contribution in [3.63, 3.8) is 0 Å². The molecule has 3 aromatic carbocycles. The highest BCUT2D eigenvalue weighted by molar-refractivity contribution is 5.83.